The first-order chi connectivity index (χ1) is 18.8. The second kappa shape index (κ2) is 9.94. The molecule has 7 heteroatoms. The van der Waals surface area contributed by atoms with E-state index in [9.17, 15) is 14.4 Å². The third-order valence-electron chi connectivity index (χ3n) is 9.29. The Kier molecular flexibility index (Phi) is 6.58. The highest BCUT2D eigenvalue weighted by molar-refractivity contribution is 6.03. The SMILES string of the molecule is Cc1ccc(NC(=O)[C@H]2[C@H]3C=C[C@@]4(O3)[C@H]2C(=O)N([C@H](C)c2ccccc2)[C@@H]4C(=O)NC2CCCCC2)cc1C. The molecular weight excluding hydrogens is 490 g/mol. The van der Waals surface area contributed by atoms with Crippen LogP contribution in [0.3, 0.4) is 0 Å². The molecule has 4 aliphatic rings. The van der Waals surface area contributed by atoms with Gasteiger partial charge in [-0.25, -0.2) is 0 Å². The van der Waals surface area contributed by atoms with E-state index in [1.807, 2.05) is 81.5 Å². The molecule has 2 bridgehead atoms. The van der Waals surface area contributed by atoms with Crippen LogP contribution in [0.15, 0.2) is 60.7 Å². The maximum Gasteiger partial charge on any atom is 0.246 e. The first-order valence-electron chi connectivity index (χ1n) is 14.2. The Morgan fingerprint density at radius 1 is 1.00 bits per heavy atom. The molecule has 3 amide bonds. The zero-order valence-corrected chi connectivity index (χ0v) is 22.9. The summed E-state index contributed by atoms with van der Waals surface area (Å²) in [6, 6.07) is 14.4. The number of rotatable bonds is 6. The number of fused-ring (bicyclic) bond motifs is 1. The maximum absolute atomic E-state index is 14.3. The Morgan fingerprint density at radius 2 is 1.74 bits per heavy atom. The molecule has 2 N–H and O–H groups in total. The number of ether oxygens (including phenoxy) is 1. The van der Waals surface area contributed by atoms with Crippen molar-refractivity contribution in [3.05, 3.63) is 77.4 Å². The third-order valence-corrected chi connectivity index (χ3v) is 9.29. The number of carbonyl (C=O) groups excluding carboxylic acids is 3. The molecule has 1 aliphatic carbocycles. The fourth-order valence-corrected chi connectivity index (χ4v) is 7.09. The molecule has 0 unspecified atom stereocenters. The van der Waals surface area contributed by atoms with Crippen molar-refractivity contribution in [1.82, 2.24) is 10.2 Å². The number of carbonyl (C=O) groups is 3. The number of amides is 3. The van der Waals surface area contributed by atoms with Crippen LogP contribution < -0.4 is 10.6 Å². The van der Waals surface area contributed by atoms with E-state index in [0.717, 1.165) is 42.4 Å². The van der Waals surface area contributed by atoms with Gasteiger partial charge in [-0.3, -0.25) is 14.4 Å². The average molecular weight is 528 g/mol. The predicted molar refractivity (Wildman–Crippen MR) is 149 cm³/mol. The summed E-state index contributed by atoms with van der Waals surface area (Å²) in [5.41, 5.74) is 2.67. The highest BCUT2D eigenvalue weighted by Crippen LogP contribution is 2.56. The van der Waals surface area contributed by atoms with Crippen LogP contribution in [0.25, 0.3) is 0 Å². The fourth-order valence-electron chi connectivity index (χ4n) is 7.09. The van der Waals surface area contributed by atoms with Gasteiger partial charge in [0, 0.05) is 11.7 Å². The Labute approximate surface area is 230 Å². The summed E-state index contributed by atoms with van der Waals surface area (Å²) in [7, 11) is 0. The smallest absolute Gasteiger partial charge is 0.246 e. The molecular formula is C32H37N3O4. The van der Waals surface area contributed by atoms with Gasteiger partial charge in [0.25, 0.3) is 0 Å². The van der Waals surface area contributed by atoms with Crippen LogP contribution in [0.1, 0.15) is 61.8 Å². The minimum Gasteiger partial charge on any atom is -0.359 e. The lowest BCUT2D eigenvalue weighted by Crippen LogP contribution is -2.56. The van der Waals surface area contributed by atoms with E-state index < -0.39 is 29.6 Å². The number of aryl methyl sites for hydroxylation is 2. The van der Waals surface area contributed by atoms with Gasteiger partial charge < -0.3 is 20.3 Å². The minimum absolute atomic E-state index is 0.0946. The molecule has 39 heavy (non-hydrogen) atoms. The number of nitrogens with one attached hydrogen (secondary N) is 2. The highest BCUT2D eigenvalue weighted by Gasteiger charge is 2.73. The summed E-state index contributed by atoms with van der Waals surface area (Å²) in [5, 5.41) is 6.28. The van der Waals surface area contributed by atoms with Gasteiger partial charge in [-0.2, -0.15) is 0 Å². The molecule has 3 aliphatic heterocycles. The molecule has 2 aromatic carbocycles. The van der Waals surface area contributed by atoms with Crippen molar-refractivity contribution in [3.63, 3.8) is 0 Å². The van der Waals surface area contributed by atoms with Gasteiger partial charge in [0.2, 0.25) is 17.7 Å². The molecule has 1 spiro atoms. The lowest BCUT2D eigenvalue weighted by molar-refractivity contribution is -0.143. The van der Waals surface area contributed by atoms with Gasteiger partial charge in [0.1, 0.15) is 11.6 Å². The number of benzene rings is 2. The van der Waals surface area contributed by atoms with Crippen molar-refractivity contribution in [2.45, 2.75) is 82.7 Å². The van der Waals surface area contributed by atoms with Crippen LogP contribution in [0.5, 0.6) is 0 Å². The summed E-state index contributed by atoms with van der Waals surface area (Å²) in [6.07, 6.45) is 8.44. The van der Waals surface area contributed by atoms with E-state index in [2.05, 4.69) is 10.6 Å². The normalized spacial score (nSPS) is 30.3. The largest absolute Gasteiger partial charge is 0.359 e. The zero-order valence-electron chi connectivity index (χ0n) is 22.9. The van der Waals surface area contributed by atoms with Gasteiger partial charge in [-0.05, 0) is 62.4 Å². The van der Waals surface area contributed by atoms with Crippen LogP contribution in [0.2, 0.25) is 0 Å². The summed E-state index contributed by atoms with van der Waals surface area (Å²) in [5.74, 6) is -2.15. The van der Waals surface area contributed by atoms with E-state index in [0.29, 0.717) is 5.69 Å². The van der Waals surface area contributed by atoms with Gasteiger partial charge >= 0.3 is 0 Å². The summed E-state index contributed by atoms with van der Waals surface area (Å²) in [6.45, 7) is 5.98. The first-order valence-corrected chi connectivity index (χ1v) is 14.2. The van der Waals surface area contributed by atoms with Crippen molar-refractivity contribution in [3.8, 4) is 0 Å². The van der Waals surface area contributed by atoms with E-state index in [1.165, 1.54) is 6.42 Å². The zero-order chi connectivity index (χ0) is 27.3. The predicted octanol–water partition coefficient (Wildman–Crippen LogP) is 4.60. The minimum atomic E-state index is -1.17. The molecule has 3 heterocycles. The summed E-state index contributed by atoms with van der Waals surface area (Å²) >= 11 is 0. The Hall–Kier alpha value is -3.45. The molecule has 204 valence electrons. The molecule has 0 radical (unpaired) electrons. The van der Waals surface area contributed by atoms with E-state index in [4.69, 9.17) is 4.74 Å². The monoisotopic (exact) mass is 527 g/mol. The van der Waals surface area contributed by atoms with Gasteiger partial charge in [0.15, 0.2) is 0 Å². The first kappa shape index (κ1) is 25.8. The standard InChI is InChI=1S/C32H37N3O4/c1-19-14-15-24(18-20(19)2)34-29(36)26-25-16-17-32(39-25)27(26)31(38)35(21(3)22-10-6-4-7-11-22)28(32)30(37)33-23-12-8-5-9-13-23/h4,6-7,10-11,14-18,21,23,25-28H,5,8-9,12-13H2,1-3H3,(H,33,37)(H,34,36)/t21-,25-,26+,27-,28-,32-/m1/s1. The fraction of sp³-hybridized carbons (Fsp3) is 0.469. The van der Waals surface area contributed by atoms with Crippen molar-refractivity contribution >= 4 is 23.4 Å². The third kappa shape index (κ3) is 4.27. The number of hydrogen-bond acceptors (Lipinski definition) is 4. The number of anilines is 1. The Balaban J connectivity index is 1.35. The highest BCUT2D eigenvalue weighted by atomic mass is 16.5. The van der Waals surface area contributed by atoms with Crippen molar-refractivity contribution < 1.29 is 19.1 Å². The van der Waals surface area contributed by atoms with Crippen LogP contribution in [-0.4, -0.2) is 46.4 Å². The topological polar surface area (TPSA) is 87.7 Å². The van der Waals surface area contributed by atoms with Crippen LogP contribution in [0, 0.1) is 25.7 Å². The van der Waals surface area contributed by atoms with Crippen LogP contribution >= 0.6 is 0 Å². The summed E-state index contributed by atoms with van der Waals surface area (Å²) < 4.78 is 6.51. The Bertz CT molecular complexity index is 1320. The van der Waals surface area contributed by atoms with E-state index >= 15 is 0 Å². The lowest BCUT2D eigenvalue weighted by atomic mass is 9.74. The molecule has 2 aromatic rings. The number of nitrogens with zero attached hydrogens (tertiary/aromatic N) is 1. The summed E-state index contributed by atoms with van der Waals surface area (Å²) in [4.78, 5) is 43.8. The maximum atomic E-state index is 14.3. The van der Waals surface area contributed by atoms with Gasteiger partial charge in [-0.15, -0.1) is 0 Å². The molecule has 2 saturated heterocycles. The van der Waals surface area contributed by atoms with Crippen molar-refractivity contribution in [2.24, 2.45) is 11.8 Å². The van der Waals surface area contributed by atoms with Gasteiger partial charge in [-0.1, -0.05) is 67.8 Å². The lowest BCUT2D eigenvalue weighted by Gasteiger charge is -2.37. The second-order valence-corrected chi connectivity index (χ2v) is 11.7. The van der Waals surface area contributed by atoms with Crippen LogP contribution in [-0.2, 0) is 19.1 Å². The molecule has 0 aromatic heterocycles. The molecule has 1 saturated carbocycles. The van der Waals surface area contributed by atoms with Crippen LogP contribution in [0.4, 0.5) is 5.69 Å². The van der Waals surface area contributed by atoms with Gasteiger partial charge in [0.05, 0.1) is 24.0 Å². The average Bonchev–Trinajstić information content (AvgIpc) is 3.58. The van der Waals surface area contributed by atoms with Crippen molar-refractivity contribution in [2.75, 3.05) is 5.32 Å². The van der Waals surface area contributed by atoms with E-state index in [-0.39, 0.29) is 29.8 Å². The molecule has 6 atom stereocenters. The number of hydrogen-bond donors (Lipinski definition) is 2. The Morgan fingerprint density at radius 3 is 2.46 bits per heavy atom. The molecule has 3 fully saturated rings. The van der Waals surface area contributed by atoms with E-state index in [1.54, 1.807) is 4.90 Å². The molecule has 7 nitrogen and oxygen atoms in total. The number of likely N-dealkylation sites (tertiary alicyclic amines) is 1. The molecule has 6 rings (SSSR count). The second-order valence-electron chi connectivity index (χ2n) is 11.7. The quantitative estimate of drug-likeness (QED) is 0.538. The van der Waals surface area contributed by atoms with Crippen molar-refractivity contribution in [1.29, 1.82) is 0 Å².